The van der Waals surface area contributed by atoms with E-state index in [-0.39, 0.29) is 11.4 Å². The van der Waals surface area contributed by atoms with Gasteiger partial charge in [0.15, 0.2) is 0 Å². The molecule has 4 heteroatoms. The third kappa shape index (κ3) is 7.10. The van der Waals surface area contributed by atoms with Gasteiger partial charge in [0.25, 0.3) is 0 Å². The minimum atomic E-state index is 0.0398. The number of nitrogens with zero attached hydrogens (tertiary/aromatic N) is 1. The van der Waals surface area contributed by atoms with Gasteiger partial charge in [0, 0.05) is 31.6 Å². The number of carbonyl (C=O) groups is 1. The van der Waals surface area contributed by atoms with Gasteiger partial charge in [-0.1, -0.05) is 26.7 Å². The van der Waals surface area contributed by atoms with Crippen molar-refractivity contribution in [1.82, 2.24) is 10.2 Å². The molecule has 2 unspecified atom stereocenters. The number of hydrogen-bond donors (Lipinski definition) is 2. The molecule has 4 nitrogen and oxygen atoms in total. The van der Waals surface area contributed by atoms with Crippen LogP contribution in [0.2, 0.25) is 0 Å². The molecule has 0 bridgehead atoms. The van der Waals surface area contributed by atoms with Crippen LogP contribution < -0.4 is 11.1 Å². The van der Waals surface area contributed by atoms with Crippen LogP contribution in [0.1, 0.15) is 66.2 Å². The van der Waals surface area contributed by atoms with Crippen LogP contribution in [-0.2, 0) is 4.79 Å². The number of carbonyl (C=O) groups excluding carboxylic acids is 1. The summed E-state index contributed by atoms with van der Waals surface area (Å²) in [5, 5.41) is 3.14. The largest absolute Gasteiger partial charge is 0.354 e. The Balaban J connectivity index is 2.27. The molecule has 1 aliphatic heterocycles. The summed E-state index contributed by atoms with van der Waals surface area (Å²) in [7, 11) is 0. The third-order valence-corrected chi connectivity index (χ3v) is 4.80. The summed E-state index contributed by atoms with van der Waals surface area (Å²) in [6.07, 6.45) is 6.26. The summed E-state index contributed by atoms with van der Waals surface area (Å²) in [4.78, 5) is 14.5. The van der Waals surface area contributed by atoms with Crippen molar-refractivity contribution in [2.75, 3.05) is 26.2 Å². The average Bonchev–Trinajstić information content (AvgIpc) is 2.44. The maximum atomic E-state index is 12.0. The standard InChI is InChI=1S/C18H37N3O/c1-15-11-16(2)13-21(12-15)18(3,4)14-20-17(22)9-7-5-6-8-10-19/h15-16H,5-14,19H2,1-4H3,(H,20,22). The fourth-order valence-corrected chi connectivity index (χ4v) is 3.46. The second kappa shape index (κ2) is 9.51. The fraction of sp³-hybridized carbons (Fsp3) is 0.944. The van der Waals surface area contributed by atoms with E-state index in [0.717, 1.165) is 63.7 Å². The van der Waals surface area contributed by atoms with Crippen molar-refractivity contribution in [1.29, 1.82) is 0 Å². The van der Waals surface area contributed by atoms with Crippen molar-refractivity contribution >= 4 is 5.91 Å². The molecule has 3 N–H and O–H groups in total. The van der Waals surface area contributed by atoms with Crippen molar-refractivity contribution in [3.63, 3.8) is 0 Å². The van der Waals surface area contributed by atoms with Crippen molar-refractivity contribution in [2.45, 2.75) is 71.8 Å². The molecular formula is C18H37N3O. The van der Waals surface area contributed by atoms with Crippen molar-refractivity contribution in [3.8, 4) is 0 Å². The molecule has 1 rings (SSSR count). The Morgan fingerprint density at radius 2 is 1.73 bits per heavy atom. The number of hydrogen-bond acceptors (Lipinski definition) is 3. The lowest BCUT2D eigenvalue weighted by Gasteiger charge is -2.45. The summed E-state index contributed by atoms with van der Waals surface area (Å²) in [6, 6.07) is 0. The highest BCUT2D eigenvalue weighted by molar-refractivity contribution is 5.75. The van der Waals surface area contributed by atoms with Gasteiger partial charge in [-0.15, -0.1) is 0 Å². The minimum Gasteiger partial charge on any atom is -0.354 e. The summed E-state index contributed by atoms with van der Waals surface area (Å²) >= 11 is 0. The molecule has 0 aromatic carbocycles. The lowest BCUT2D eigenvalue weighted by Crippen LogP contribution is -2.56. The van der Waals surface area contributed by atoms with Gasteiger partial charge < -0.3 is 11.1 Å². The van der Waals surface area contributed by atoms with Crippen LogP contribution in [0.25, 0.3) is 0 Å². The number of likely N-dealkylation sites (tertiary alicyclic amines) is 1. The first kappa shape index (κ1) is 19.4. The van der Waals surface area contributed by atoms with E-state index in [0.29, 0.717) is 6.42 Å². The van der Waals surface area contributed by atoms with E-state index in [4.69, 9.17) is 5.73 Å². The van der Waals surface area contributed by atoms with Gasteiger partial charge in [0.05, 0.1) is 0 Å². The predicted molar refractivity (Wildman–Crippen MR) is 93.7 cm³/mol. The molecule has 2 atom stereocenters. The Morgan fingerprint density at radius 1 is 1.14 bits per heavy atom. The van der Waals surface area contributed by atoms with Crippen molar-refractivity contribution < 1.29 is 4.79 Å². The molecule has 1 aliphatic rings. The van der Waals surface area contributed by atoms with Crippen LogP contribution in [-0.4, -0.2) is 42.5 Å². The molecular weight excluding hydrogens is 274 g/mol. The Morgan fingerprint density at radius 3 is 2.32 bits per heavy atom. The first-order valence-corrected chi connectivity index (χ1v) is 9.07. The number of piperidine rings is 1. The van der Waals surface area contributed by atoms with Gasteiger partial charge >= 0.3 is 0 Å². The Bertz CT molecular complexity index is 320. The first-order valence-electron chi connectivity index (χ1n) is 9.07. The van der Waals surface area contributed by atoms with E-state index >= 15 is 0 Å². The zero-order valence-electron chi connectivity index (χ0n) is 15.2. The first-order chi connectivity index (χ1) is 10.3. The molecule has 1 amide bonds. The third-order valence-electron chi connectivity index (χ3n) is 4.80. The molecule has 0 aliphatic carbocycles. The lowest BCUT2D eigenvalue weighted by atomic mass is 9.88. The smallest absolute Gasteiger partial charge is 0.220 e. The second-order valence-corrected chi connectivity index (χ2v) is 7.89. The average molecular weight is 312 g/mol. The molecule has 22 heavy (non-hydrogen) atoms. The summed E-state index contributed by atoms with van der Waals surface area (Å²) < 4.78 is 0. The maximum Gasteiger partial charge on any atom is 0.220 e. The molecule has 0 spiro atoms. The molecule has 130 valence electrons. The number of unbranched alkanes of at least 4 members (excludes halogenated alkanes) is 3. The van der Waals surface area contributed by atoms with E-state index < -0.39 is 0 Å². The van der Waals surface area contributed by atoms with Gasteiger partial charge in [-0.25, -0.2) is 0 Å². The van der Waals surface area contributed by atoms with Crippen LogP contribution in [0.3, 0.4) is 0 Å². The molecule has 1 fully saturated rings. The van der Waals surface area contributed by atoms with Gasteiger partial charge in [-0.2, -0.15) is 0 Å². The van der Waals surface area contributed by atoms with Gasteiger partial charge in [-0.3, -0.25) is 9.69 Å². The Kier molecular flexibility index (Phi) is 8.40. The van der Waals surface area contributed by atoms with Gasteiger partial charge in [0.1, 0.15) is 0 Å². The van der Waals surface area contributed by atoms with E-state index in [1.807, 2.05) is 0 Å². The van der Waals surface area contributed by atoms with E-state index in [2.05, 4.69) is 37.9 Å². The van der Waals surface area contributed by atoms with E-state index in [1.165, 1.54) is 6.42 Å². The van der Waals surface area contributed by atoms with Gasteiger partial charge in [0.2, 0.25) is 5.91 Å². The van der Waals surface area contributed by atoms with Crippen LogP contribution >= 0.6 is 0 Å². The SMILES string of the molecule is CC1CC(C)CN(C(C)(C)CNC(=O)CCCCCCN)C1. The van der Waals surface area contributed by atoms with Crippen LogP contribution in [0.5, 0.6) is 0 Å². The van der Waals surface area contributed by atoms with E-state index in [1.54, 1.807) is 0 Å². The second-order valence-electron chi connectivity index (χ2n) is 7.89. The fourth-order valence-electron chi connectivity index (χ4n) is 3.46. The highest BCUT2D eigenvalue weighted by atomic mass is 16.1. The molecule has 0 radical (unpaired) electrons. The molecule has 0 aromatic rings. The minimum absolute atomic E-state index is 0.0398. The van der Waals surface area contributed by atoms with Crippen molar-refractivity contribution in [3.05, 3.63) is 0 Å². The number of nitrogens with two attached hydrogens (primary N) is 1. The quantitative estimate of drug-likeness (QED) is 0.644. The molecule has 1 saturated heterocycles. The maximum absolute atomic E-state index is 12.0. The van der Waals surface area contributed by atoms with Crippen molar-refractivity contribution in [2.24, 2.45) is 17.6 Å². The van der Waals surface area contributed by atoms with E-state index in [9.17, 15) is 4.79 Å². The number of nitrogens with one attached hydrogen (secondary N) is 1. The monoisotopic (exact) mass is 311 g/mol. The topological polar surface area (TPSA) is 58.4 Å². The summed E-state index contributed by atoms with van der Waals surface area (Å²) in [5.41, 5.74) is 5.51. The Labute approximate surface area is 137 Å². The highest BCUT2D eigenvalue weighted by Gasteiger charge is 2.32. The normalized spacial score (nSPS) is 23.5. The number of rotatable bonds is 9. The highest BCUT2D eigenvalue weighted by Crippen LogP contribution is 2.26. The van der Waals surface area contributed by atoms with Crippen LogP contribution in [0.15, 0.2) is 0 Å². The lowest BCUT2D eigenvalue weighted by molar-refractivity contribution is -0.121. The molecule has 1 heterocycles. The zero-order valence-corrected chi connectivity index (χ0v) is 15.2. The summed E-state index contributed by atoms with van der Waals surface area (Å²) in [5.74, 6) is 1.70. The summed E-state index contributed by atoms with van der Waals surface area (Å²) in [6.45, 7) is 13.0. The predicted octanol–water partition coefficient (Wildman–Crippen LogP) is 2.77. The number of amides is 1. The molecule has 0 aromatic heterocycles. The van der Waals surface area contributed by atoms with Crippen LogP contribution in [0.4, 0.5) is 0 Å². The van der Waals surface area contributed by atoms with Gasteiger partial charge in [-0.05, 0) is 51.5 Å². The molecule has 0 saturated carbocycles. The Hall–Kier alpha value is -0.610. The van der Waals surface area contributed by atoms with Crippen LogP contribution in [0, 0.1) is 11.8 Å². The zero-order chi connectivity index (χ0) is 16.6.